The molecule has 1 aromatic heterocycles. The molecule has 0 aliphatic heterocycles. The van der Waals surface area contributed by atoms with Crippen LogP contribution in [0.25, 0.3) is 12.2 Å². The van der Waals surface area contributed by atoms with Gasteiger partial charge in [0.15, 0.2) is 0 Å². The number of hydrogen-bond donors (Lipinski definition) is 2. The summed E-state index contributed by atoms with van der Waals surface area (Å²) < 4.78 is 6.47. The van der Waals surface area contributed by atoms with Gasteiger partial charge >= 0.3 is 0 Å². The van der Waals surface area contributed by atoms with Crippen LogP contribution in [0.4, 0.5) is 0 Å². The van der Waals surface area contributed by atoms with E-state index in [2.05, 4.69) is 30.8 Å². The first-order chi connectivity index (χ1) is 14.4. The number of hydrogen-bond acceptors (Lipinski definition) is 4. The molecule has 2 N–H and O–H groups in total. The Hall–Kier alpha value is -2.74. The van der Waals surface area contributed by atoms with Crippen molar-refractivity contribution in [3.63, 3.8) is 0 Å². The monoisotopic (exact) mass is 469 g/mol. The maximum Gasteiger partial charge on any atom is 0.272 e. The van der Waals surface area contributed by atoms with Gasteiger partial charge < -0.3 is 19.6 Å². The second-order valence-corrected chi connectivity index (χ2v) is 8.00. The van der Waals surface area contributed by atoms with E-state index < -0.39 is 0 Å². The number of aromatic amines is 2. The average Bonchev–Trinajstić information content (AvgIpc) is 2.71. The van der Waals surface area contributed by atoms with Crippen molar-refractivity contribution in [1.82, 2.24) is 14.9 Å². The predicted octanol–water partition coefficient (Wildman–Crippen LogP) is 1.56. The van der Waals surface area contributed by atoms with Crippen LogP contribution < -0.4 is 21.8 Å². The van der Waals surface area contributed by atoms with Gasteiger partial charge in [-0.15, -0.1) is 0 Å². The molecule has 0 saturated heterocycles. The summed E-state index contributed by atoms with van der Waals surface area (Å²) in [5, 5.41) is 0.411. The van der Waals surface area contributed by atoms with Crippen molar-refractivity contribution >= 4 is 28.1 Å². The van der Waals surface area contributed by atoms with E-state index in [-0.39, 0.29) is 21.8 Å². The van der Waals surface area contributed by atoms with Gasteiger partial charge in [-0.3, -0.25) is 9.59 Å². The second kappa shape index (κ2) is 10.3. The van der Waals surface area contributed by atoms with Crippen LogP contribution in [0.15, 0.2) is 62.6 Å². The highest BCUT2D eigenvalue weighted by Gasteiger charge is 2.00. The molecule has 3 rings (SSSR count). The summed E-state index contributed by atoms with van der Waals surface area (Å²) in [6.45, 7) is 2.07. The first-order valence-corrected chi connectivity index (χ1v) is 10.3. The molecular weight excluding hydrogens is 446 g/mol. The Kier molecular flexibility index (Phi) is 7.57. The van der Waals surface area contributed by atoms with Crippen LogP contribution >= 0.6 is 15.9 Å². The normalized spacial score (nSPS) is 12.7. The molecule has 0 fully saturated rings. The van der Waals surface area contributed by atoms with E-state index in [9.17, 15) is 9.59 Å². The topological polar surface area (TPSA) is 78.2 Å². The first-order valence-electron chi connectivity index (χ1n) is 9.54. The predicted molar refractivity (Wildman–Crippen MR) is 123 cm³/mol. The Morgan fingerprint density at radius 3 is 2.20 bits per heavy atom. The molecule has 0 atom stereocenters. The quantitative estimate of drug-likeness (QED) is 0.514. The molecular formula is C23H24BrN3O3. The minimum absolute atomic E-state index is 0.203. The van der Waals surface area contributed by atoms with Crippen LogP contribution in [-0.2, 0) is 11.3 Å². The van der Waals surface area contributed by atoms with Crippen LogP contribution in [0.5, 0.6) is 0 Å². The molecule has 6 nitrogen and oxygen atoms in total. The Balaban J connectivity index is 1.81. The summed E-state index contributed by atoms with van der Waals surface area (Å²) in [5.41, 5.74) is 1.95. The lowest BCUT2D eigenvalue weighted by Crippen LogP contribution is -2.46. The molecule has 7 heteroatoms. The number of likely N-dealkylation sites (N-methyl/N-ethyl adjacent to an activating group) is 1. The third-order valence-corrected chi connectivity index (χ3v) is 5.16. The third-order valence-electron chi connectivity index (χ3n) is 4.43. The summed E-state index contributed by atoms with van der Waals surface area (Å²) in [7, 11) is 4.01. The van der Waals surface area contributed by atoms with E-state index in [1.165, 1.54) is 0 Å². The summed E-state index contributed by atoms with van der Waals surface area (Å²) in [4.78, 5) is 32.3. The van der Waals surface area contributed by atoms with Gasteiger partial charge in [0.1, 0.15) is 10.7 Å². The van der Waals surface area contributed by atoms with Crippen molar-refractivity contribution in [3.8, 4) is 0 Å². The molecule has 0 spiro atoms. The van der Waals surface area contributed by atoms with Crippen molar-refractivity contribution in [2.45, 2.75) is 6.61 Å². The zero-order valence-electron chi connectivity index (χ0n) is 16.9. The van der Waals surface area contributed by atoms with Crippen LogP contribution in [0, 0.1) is 0 Å². The van der Waals surface area contributed by atoms with Gasteiger partial charge in [-0.25, -0.2) is 0 Å². The number of halogens is 1. The van der Waals surface area contributed by atoms with Crippen LogP contribution in [0.3, 0.4) is 0 Å². The standard InChI is InChI=1S/C23H24BrN3O3/c1-27(2)11-12-30-15-17-9-7-16(8-10-17)13-20-22(28)26-21(23(29)25-20)14-18-5-3-4-6-19(18)24/h3-10,13-14H,11-12,15H2,1-2H3,(H,25,29)(H,26,28)/b20-13-,21-14-. The number of aromatic nitrogens is 2. The van der Waals surface area contributed by atoms with Crippen LogP contribution in [0.2, 0.25) is 0 Å². The molecule has 30 heavy (non-hydrogen) atoms. The minimum atomic E-state index is -0.359. The number of benzene rings is 2. The van der Waals surface area contributed by atoms with E-state index >= 15 is 0 Å². The van der Waals surface area contributed by atoms with E-state index in [1.54, 1.807) is 12.2 Å². The number of rotatable bonds is 7. The van der Waals surface area contributed by atoms with Gasteiger partial charge in [0.2, 0.25) is 0 Å². The largest absolute Gasteiger partial charge is 0.375 e. The molecule has 1 heterocycles. The molecule has 2 aromatic carbocycles. The fourth-order valence-electron chi connectivity index (χ4n) is 2.76. The van der Waals surface area contributed by atoms with Gasteiger partial charge in [0.05, 0.1) is 13.2 Å². The van der Waals surface area contributed by atoms with E-state index in [1.807, 2.05) is 62.6 Å². The summed E-state index contributed by atoms with van der Waals surface area (Å²) in [6, 6.07) is 15.2. The van der Waals surface area contributed by atoms with Gasteiger partial charge in [-0.05, 0) is 49.0 Å². The second-order valence-electron chi connectivity index (χ2n) is 7.14. The highest BCUT2D eigenvalue weighted by molar-refractivity contribution is 9.10. The van der Waals surface area contributed by atoms with E-state index in [4.69, 9.17) is 4.74 Å². The molecule has 0 aliphatic carbocycles. The smallest absolute Gasteiger partial charge is 0.272 e. The number of nitrogens with one attached hydrogen (secondary N) is 2. The molecule has 0 saturated carbocycles. The first kappa shape index (κ1) is 22.0. The Morgan fingerprint density at radius 1 is 0.933 bits per heavy atom. The lowest BCUT2D eigenvalue weighted by Gasteiger charge is -2.09. The van der Waals surface area contributed by atoms with Crippen molar-refractivity contribution in [1.29, 1.82) is 0 Å². The molecule has 0 bridgehead atoms. The third kappa shape index (κ3) is 6.13. The molecule has 0 amide bonds. The molecule has 3 aromatic rings. The Bertz CT molecular complexity index is 1230. The molecule has 0 radical (unpaired) electrons. The summed E-state index contributed by atoms with van der Waals surface area (Å²) in [6.07, 6.45) is 3.29. The zero-order valence-corrected chi connectivity index (χ0v) is 18.5. The number of nitrogens with zero attached hydrogens (tertiary/aromatic N) is 1. The zero-order chi connectivity index (χ0) is 21.5. The molecule has 0 unspecified atom stereocenters. The lowest BCUT2D eigenvalue weighted by atomic mass is 10.1. The van der Waals surface area contributed by atoms with Crippen molar-refractivity contribution in [3.05, 3.63) is 101 Å². The summed E-state index contributed by atoms with van der Waals surface area (Å²) >= 11 is 3.43. The Morgan fingerprint density at radius 2 is 1.57 bits per heavy atom. The lowest BCUT2D eigenvalue weighted by molar-refractivity contribution is 0.105. The fourth-order valence-corrected chi connectivity index (χ4v) is 3.16. The molecule has 156 valence electrons. The van der Waals surface area contributed by atoms with E-state index in [0.717, 1.165) is 27.7 Å². The highest BCUT2D eigenvalue weighted by Crippen LogP contribution is 2.15. The van der Waals surface area contributed by atoms with Gasteiger partial charge in [-0.2, -0.15) is 0 Å². The van der Waals surface area contributed by atoms with Gasteiger partial charge in [-0.1, -0.05) is 58.4 Å². The minimum Gasteiger partial charge on any atom is -0.375 e. The van der Waals surface area contributed by atoms with Crippen LogP contribution in [0.1, 0.15) is 16.7 Å². The van der Waals surface area contributed by atoms with Crippen molar-refractivity contribution < 1.29 is 4.74 Å². The van der Waals surface area contributed by atoms with Gasteiger partial charge in [0.25, 0.3) is 11.1 Å². The van der Waals surface area contributed by atoms with E-state index in [0.29, 0.717) is 13.2 Å². The summed E-state index contributed by atoms with van der Waals surface area (Å²) in [5.74, 6) is 0. The molecule has 0 aliphatic rings. The highest BCUT2D eigenvalue weighted by atomic mass is 79.9. The van der Waals surface area contributed by atoms with Crippen molar-refractivity contribution in [2.75, 3.05) is 27.2 Å². The maximum atomic E-state index is 12.5. The number of H-pyrrole nitrogens is 2. The van der Waals surface area contributed by atoms with Gasteiger partial charge in [0, 0.05) is 11.0 Å². The van der Waals surface area contributed by atoms with Crippen LogP contribution in [-0.4, -0.2) is 42.1 Å². The average molecular weight is 470 g/mol. The van der Waals surface area contributed by atoms with Crippen molar-refractivity contribution in [2.24, 2.45) is 0 Å². The maximum absolute atomic E-state index is 12.5. The fraction of sp³-hybridized carbons (Fsp3) is 0.217. The number of ether oxygens (including phenoxy) is 1. The Labute approximate surface area is 182 Å². The SMILES string of the molecule is CN(C)CCOCc1ccc(/C=c2\[nH]c(=O)/c(=C/c3ccccc3Br)[nH]c2=O)cc1.